The van der Waals surface area contributed by atoms with Gasteiger partial charge in [0.25, 0.3) is 0 Å². The molecule has 1 amide bonds. The molecule has 2 aromatic carbocycles. The first kappa shape index (κ1) is 19.9. The summed E-state index contributed by atoms with van der Waals surface area (Å²) in [6.45, 7) is 3.26. The summed E-state index contributed by atoms with van der Waals surface area (Å²) < 4.78 is 17.3. The molecule has 7 nitrogen and oxygen atoms in total. The van der Waals surface area contributed by atoms with E-state index in [0.29, 0.717) is 23.8 Å². The van der Waals surface area contributed by atoms with Crippen molar-refractivity contribution in [3.05, 3.63) is 66.0 Å². The normalized spacial score (nSPS) is 19.5. The van der Waals surface area contributed by atoms with Gasteiger partial charge in [-0.3, -0.25) is 9.78 Å². The second-order valence-electron chi connectivity index (χ2n) is 8.63. The number of hydrogen-bond acceptors (Lipinski definition) is 6. The van der Waals surface area contributed by atoms with Crippen molar-refractivity contribution in [2.45, 2.75) is 31.6 Å². The quantitative estimate of drug-likeness (QED) is 0.554. The number of ether oxygens (including phenoxy) is 3. The molecule has 0 saturated carbocycles. The summed E-state index contributed by atoms with van der Waals surface area (Å²) in [6, 6.07) is 13.7. The molecule has 1 unspecified atom stereocenters. The summed E-state index contributed by atoms with van der Waals surface area (Å²) in [6.07, 6.45) is 6.64. The molecular formula is C26H25N3O4. The lowest BCUT2D eigenvalue weighted by atomic mass is 9.76. The van der Waals surface area contributed by atoms with Gasteiger partial charge in [0.2, 0.25) is 12.7 Å². The minimum Gasteiger partial charge on any atom is -0.491 e. The first-order valence-corrected chi connectivity index (χ1v) is 11.4. The van der Waals surface area contributed by atoms with Crippen molar-refractivity contribution in [2.24, 2.45) is 0 Å². The van der Waals surface area contributed by atoms with Gasteiger partial charge in [-0.1, -0.05) is 25.8 Å². The molecule has 1 atom stereocenters. The third-order valence-electron chi connectivity index (χ3n) is 6.67. The zero-order valence-electron chi connectivity index (χ0n) is 18.5. The van der Waals surface area contributed by atoms with Gasteiger partial charge < -0.3 is 24.4 Å². The fourth-order valence-electron chi connectivity index (χ4n) is 5.12. The molecule has 6 rings (SSSR count). The lowest BCUT2D eigenvalue weighted by molar-refractivity contribution is -0.122. The van der Waals surface area contributed by atoms with Crippen LogP contribution in [0, 0.1) is 0 Å². The summed E-state index contributed by atoms with van der Waals surface area (Å²) >= 11 is 0. The highest BCUT2D eigenvalue weighted by molar-refractivity contribution is 6.13. The molecule has 3 aliphatic heterocycles. The lowest BCUT2D eigenvalue weighted by Crippen LogP contribution is -2.43. The number of carbonyl (C=O) groups is 1. The smallest absolute Gasteiger partial charge is 0.245 e. The maximum atomic E-state index is 14.2. The Balaban J connectivity index is 1.52. The van der Waals surface area contributed by atoms with E-state index in [0.717, 1.165) is 47.5 Å². The van der Waals surface area contributed by atoms with Gasteiger partial charge in [-0.15, -0.1) is 0 Å². The van der Waals surface area contributed by atoms with E-state index in [2.05, 4.69) is 17.2 Å². The molecule has 0 saturated heterocycles. The highest BCUT2D eigenvalue weighted by Gasteiger charge is 2.58. The van der Waals surface area contributed by atoms with Crippen molar-refractivity contribution in [3.63, 3.8) is 0 Å². The molecule has 1 N–H and O–H groups in total. The second-order valence-corrected chi connectivity index (χ2v) is 8.63. The number of aromatic nitrogens is 1. The van der Waals surface area contributed by atoms with Crippen LogP contribution in [0.5, 0.6) is 17.2 Å². The van der Waals surface area contributed by atoms with Crippen LogP contribution in [-0.4, -0.2) is 30.8 Å². The molecule has 7 heteroatoms. The van der Waals surface area contributed by atoms with Gasteiger partial charge in [-0.2, -0.15) is 0 Å². The first-order valence-electron chi connectivity index (χ1n) is 11.4. The third kappa shape index (κ3) is 2.95. The van der Waals surface area contributed by atoms with Crippen LogP contribution < -0.4 is 24.4 Å². The van der Waals surface area contributed by atoms with Crippen LogP contribution in [0.1, 0.15) is 37.3 Å². The Morgan fingerprint density at radius 3 is 2.76 bits per heavy atom. The summed E-state index contributed by atoms with van der Waals surface area (Å²) in [5.74, 6) is 2.02. The van der Waals surface area contributed by atoms with E-state index in [-0.39, 0.29) is 19.3 Å². The number of amides is 1. The van der Waals surface area contributed by atoms with Gasteiger partial charge in [-0.25, -0.2) is 0 Å². The van der Waals surface area contributed by atoms with Crippen LogP contribution >= 0.6 is 0 Å². The fraction of sp³-hybridized carbons (Fsp3) is 0.308. The van der Waals surface area contributed by atoms with E-state index < -0.39 is 5.41 Å². The summed E-state index contributed by atoms with van der Waals surface area (Å²) in [7, 11) is 0. The van der Waals surface area contributed by atoms with Crippen LogP contribution in [0.4, 0.5) is 17.1 Å². The maximum Gasteiger partial charge on any atom is 0.245 e. The minimum absolute atomic E-state index is 0.0478. The molecule has 4 heterocycles. The number of benzene rings is 2. The van der Waals surface area contributed by atoms with Crippen LogP contribution in [0.3, 0.4) is 0 Å². The zero-order valence-corrected chi connectivity index (χ0v) is 18.5. The van der Waals surface area contributed by atoms with Crippen molar-refractivity contribution < 1.29 is 19.0 Å². The predicted molar refractivity (Wildman–Crippen MR) is 125 cm³/mol. The standard InChI is InChI=1S/C26H25N3O4/c1-2-3-4-11-29-20-9-5-8-19(28-17-7-6-10-27-14-17)24(20)26(25(29)30)15-31-21-13-23-22(12-18(21)26)32-16-33-23/h5-10,12-14,28H,2-4,11,15-16H2,1H3. The van der Waals surface area contributed by atoms with Gasteiger partial charge in [0.15, 0.2) is 11.5 Å². The zero-order chi connectivity index (χ0) is 22.4. The molecule has 3 aromatic rings. The topological polar surface area (TPSA) is 72.9 Å². The van der Waals surface area contributed by atoms with Crippen LogP contribution in [0.15, 0.2) is 54.9 Å². The second kappa shape index (κ2) is 7.69. The number of fused-ring (bicyclic) bond motifs is 5. The van der Waals surface area contributed by atoms with E-state index in [1.165, 1.54) is 0 Å². The van der Waals surface area contributed by atoms with Gasteiger partial charge in [0.1, 0.15) is 17.8 Å². The van der Waals surface area contributed by atoms with Crippen LogP contribution in [0.25, 0.3) is 0 Å². The molecule has 0 aliphatic carbocycles. The lowest BCUT2D eigenvalue weighted by Gasteiger charge is -2.24. The van der Waals surface area contributed by atoms with E-state index in [4.69, 9.17) is 14.2 Å². The maximum absolute atomic E-state index is 14.2. The number of hydrogen-bond donors (Lipinski definition) is 1. The molecule has 3 aliphatic rings. The van der Waals surface area contributed by atoms with Crippen LogP contribution in [-0.2, 0) is 10.2 Å². The van der Waals surface area contributed by atoms with E-state index in [1.54, 1.807) is 12.4 Å². The molecule has 168 valence electrons. The molecule has 0 fully saturated rings. The Kier molecular flexibility index (Phi) is 4.64. The molecule has 1 spiro atoms. The molecular weight excluding hydrogens is 418 g/mol. The van der Waals surface area contributed by atoms with Crippen LogP contribution in [0.2, 0.25) is 0 Å². The number of nitrogens with one attached hydrogen (secondary N) is 1. The Morgan fingerprint density at radius 1 is 1.06 bits per heavy atom. The summed E-state index contributed by atoms with van der Waals surface area (Å²) in [5, 5.41) is 3.49. The Labute approximate surface area is 192 Å². The number of unbranched alkanes of at least 4 members (excludes halogenated alkanes) is 2. The first-order chi connectivity index (χ1) is 16.2. The number of rotatable bonds is 6. The van der Waals surface area contributed by atoms with Crippen molar-refractivity contribution in [3.8, 4) is 17.2 Å². The SMILES string of the molecule is CCCCCN1C(=O)C2(COc3cc4c(cc32)OCO4)c2c(Nc3cccnc3)cccc21. The van der Waals surface area contributed by atoms with Gasteiger partial charge in [-0.05, 0) is 36.8 Å². The van der Waals surface area contributed by atoms with Crippen molar-refractivity contribution >= 4 is 23.0 Å². The highest BCUT2D eigenvalue weighted by atomic mass is 16.7. The average molecular weight is 444 g/mol. The Morgan fingerprint density at radius 2 is 1.94 bits per heavy atom. The van der Waals surface area contributed by atoms with Gasteiger partial charge in [0, 0.05) is 35.6 Å². The number of carbonyl (C=O) groups excluding carboxylic acids is 1. The number of anilines is 3. The van der Waals surface area contributed by atoms with Gasteiger partial charge in [0.05, 0.1) is 17.6 Å². The highest BCUT2D eigenvalue weighted by Crippen LogP contribution is 2.57. The predicted octanol–water partition coefficient (Wildman–Crippen LogP) is 4.77. The largest absolute Gasteiger partial charge is 0.491 e. The van der Waals surface area contributed by atoms with E-state index >= 15 is 0 Å². The van der Waals surface area contributed by atoms with Crippen molar-refractivity contribution in [1.82, 2.24) is 4.98 Å². The van der Waals surface area contributed by atoms with E-state index in [1.807, 2.05) is 47.4 Å². The number of nitrogens with zero attached hydrogens (tertiary/aromatic N) is 2. The van der Waals surface area contributed by atoms with Crippen molar-refractivity contribution in [2.75, 3.05) is 30.2 Å². The Bertz CT molecular complexity index is 1230. The minimum atomic E-state index is -0.941. The molecule has 0 bridgehead atoms. The number of pyridine rings is 1. The third-order valence-corrected chi connectivity index (χ3v) is 6.67. The van der Waals surface area contributed by atoms with Crippen molar-refractivity contribution in [1.29, 1.82) is 0 Å². The molecule has 1 aromatic heterocycles. The Hall–Kier alpha value is -3.74. The molecule has 0 radical (unpaired) electrons. The molecule has 33 heavy (non-hydrogen) atoms. The average Bonchev–Trinajstić information content (AvgIpc) is 3.51. The summed E-state index contributed by atoms with van der Waals surface area (Å²) in [4.78, 5) is 20.3. The summed E-state index contributed by atoms with van der Waals surface area (Å²) in [5.41, 5.74) is 3.50. The fourth-order valence-corrected chi connectivity index (χ4v) is 5.12. The van der Waals surface area contributed by atoms with E-state index in [9.17, 15) is 4.79 Å². The monoisotopic (exact) mass is 443 g/mol. The van der Waals surface area contributed by atoms with Gasteiger partial charge >= 0.3 is 0 Å².